The highest BCUT2D eigenvalue weighted by molar-refractivity contribution is 7.99. The number of carbonyl (C=O) groups excluding carboxylic acids is 1. The van der Waals surface area contributed by atoms with Crippen molar-refractivity contribution in [2.45, 2.75) is 24.9 Å². The van der Waals surface area contributed by atoms with Gasteiger partial charge in [-0.25, -0.2) is 5.01 Å². The number of hydrogen-bond acceptors (Lipinski definition) is 7. The maximum Gasteiger partial charge on any atom is 0.257 e. The Labute approximate surface area is 178 Å². The van der Waals surface area contributed by atoms with Gasteiger partial charge < -0.3 is 4.74 Å². The van der Waals surface area contributed by atoms with E-state index in [1.165, 1.54) is 10.6 Å². The van der Waals surface area contributed by atoms with Crippen LogP contribution in [0.1, 0.15) is 28.6 Å². The summed E-state index contributed by atoms with van der Waals surface area (Å²) >= 11 is 5.35. The van der Waals surface area contributed by atoms with Crippen molar-refractivity contribution in [2.75, 3.05) is 38.3 Å². The molecule has 0 radical (unpaired) electrons. The first kappa shape index (κ1) is 20.1. The van der Waals surface area contributed by atoms with Crippen molar-refractivity contribution in [3.63, 3.8) is 0 Å². The molecule has 0 spiro atoms. The number of rotatable bonds is 8. The highest BCUT2D eigenvalue weighted by Crippen LogP contribution is 2.36. The molecule has 0 unspecified atom stereocenters. The van der Waals surface area contributed by atoms with Crippen LogP contribution in [0.3, 0.4) is 0 Å². The van der Waals surface area contributed by atoms with Gasteiger partial charge in [0.2, 0.25) is 0 Å². The summed E-state index contributed by atoms with van der Waals surface area (Å²) in [5, 5.41) is 10.7. The fraction of sp³-hybridized carbons (Fsp3) is 0.500. The van der Waals surface area contributed by atoms with Crippen molar-refractivity contribution in [2.24, 2.45) is 5.10 Å². The number of thiophene rings is 2. The average molecular weight is 436 g/mol. The van der Waals surface area contributed by atoms with E-state index in [0.717, 1.165) is 35.7 Å². The molecule has 0 aliphatic carbocycles. The second-order valence-corrected chi connectivity index (χ2v) is 10.1. The molecule has 1 saturated heterocycles. The summed E-state index contributed by atoms with van der Waals surface area (Å²) in [6.07, 6.45) is 1.92. The molecule has 4 rings (SSSR count). The molecular formula is C20H25N3O2S3. The molecule has 8 heteroatoms. The third-order valence-corrected chi connectivity index (χ3v) is 8.22. The molecule has 0 bridgehead atoms. The topological polar surface area (TPSA) is 45.1 Å². The van der Waals surface area contributed by atoms with E-state index in [0.29, 0.717) is 19.2 Å². The predicted octanol–water partition coefficient (Wildman–Crippen LogP) is 3.94. The van der Waals surface area contributed by atoms with Crippen molar-refractivity contribution in [1.29, 1.82) is 0 Å². The molecule has 1 fully saturated rings. The Morgan fingerprint density at radius 3 is 2.86 bits per heavy atom. The first-order valence-corrected chi connectivity index (χ1v) is 12.4. The number of ether oxygens (including phenoxy) is 1. The molecule has 2 aliphatic rings. The van der Waals surface area contributed by atoms with E-state index < -0.39 is 0 Å². The van der Waals surface area contributed by atoms with E-state index >= 15 is 0 Å². The number of hydrazone groups is 1. The number of carbonyl (C=O) groups is 1. The summed E-state index contributed by atoms with van der Waals surface area (Å²) in [6.45, 7) is 1.83. The van der Waals surface area contributed by atoms with Gasteiger partial charge >= 0.3 is 0 Å². The van der Waals surface area contributed by atoms with Gasteiger partial charge in [0.15, 0.2) is 0 Å². The van der Waals surface area contributed by atoms with Gasteiger partial charge in [0.05, 0.1) is 29.8 Å². The summed E-state index contributed by atoms with van der Waals surface area (Å²) in [6, 6.07) is 8.74. The van der Waals surface area contributed by atoms with Crippen molar-refractivity contribution >= 4 is 46.1 Å². The SMILES string of the molecule is COCCN(CC(=O)N1N=C(c2cccs2)C[C@@H]1c1cccs1)[C@H]1CCSC1. The Hall–Kier alpha value is -1.19. The molecule has 0 aromatic carbocycles. The van der Waals surface area contributed by atoms with Crippen LogP contribution in [0.4, 0.5) is 0 Å². The van der Waals surface area contributed by atoms with Gasteiger partial charge in [-0.2, -0.15) is 16.9 Å². The highest BCUT2D eigenvalue weighted by Gasteiger charge is 2.35. The monoisotopic (exact) mass is 435 g/mol. The molecule has 0 saturated carbocycles. The van der Waals surface area contributed by atoms with Crippen LogP contribution in [0.2, 0.25) is 0 Å². The maximum atomic E-state index is 13.3. The van der Waals surface area contributed by atoms with Crippen LogP contribution in [-0.4, -0.2) is 65.9 Å². The minimum atomic E-state index is 0.00632. The van der Waals surface area contributed by atoms with Crippen molar-refractivity contribution in [3.05, 3.63) is 44.8 Å². The normalized spacial score (nSPS) is 22.2. The van der Waals surface area contributed by atoms with Crippen LogP contribution < -0.4 is 0 Å². The van der Waals surface area contributed by atoms with Crippen LogP contribution in [0.5, 0.6) is 0 Å². The van der Waals surface area contributed by atoms with E-state index in [4.69, 9.17) is 9.84 Å². The van der Waals surface area contributed by atoms with E-state index in [9.17, 15) is 4.79 Å². The second kappa shape index (κ2) is 9.54. The van der Waals surface area contributed by atoms with Crippen LogP contribution >= 0.6 is 34.4 Å². The second-order valence-electron chi connectivity index (χ2n) is 6.98. The van der Waals surface area contributed by atoms with E-state index in [1.807, 2.05) is 23.9 Å². The minimum absolute atomic E-state index is 0.00632. The molecule has 0 N–H and O–H groups in total. The Balaban J connectivity index is 1.53. The van der Waals surface area contributed by atoms with Crippen LogP contribution in [0.15, 0.2) is 40.1 Å². The van der Waals surface area contributed by atoms with Gasteiger partial charge in [-0.05, 0) is 35.1 Å². The number of amides is 1. The third kappa shape index (κ3) is 4.52. The molecule has 2 aromatic heterocycles. The Bertz CT molecular complexity index is 786. The molecule has 28 heavy (non-hydrogen) atoms. The highest BCUT2D eigenvalue weighted by atomic mass is 32.2. The number of hydrogen-bond donors (Lipinski definition) is 0. The number of nitrogens with zero attached hydrogens (tertiary/aromatic N) is 3. The molecule has 5 nitrogen and oxygen atoms in total. The lowest BCUT2D eigenvalue weighted by atomic mass is 10.1. The third-order valence-electron chi connectivity index (χ3n) is 5.19. The quantitative estimate of drug-likeness (QED) is 0.630. The molecule has 2 aliphatic heterocycles. The Kier molecular flexibility index (Phi) is 6.85. The summed E-state index contributed by atoms with van der Waals surface area (Å²) < 4.78 is 5.29. The van der Waals surface area contributed by atoms with Gasteiger partial charge in [-0.1, -0.05) is 12.1 Å². The zero-order valence-corrected chi connectivity index (χ0v) is 18.4. The van der Waals surface area contributed by atoms with E-state index in [1.54, 1.807) is 34.8 Å². The molecular weight excluding hydrogens is 410 g/mol. The zero-order valence-electron chi connectivity index (χ0n) is 16.0. The first-order chi connectivity index (χ1) is 13.8. The largest absolute Gasteiger partial charge is 0.383 e. The number of methoxy groups -OCH3 is 1. The predicted molar refractivity (Wildman–Crippen MR) is 119 cm³/mol. The summed E-state index contributed by atoms with van der Waals surface area (Å²) in [4.78, 5) is 18.0. The molecule has 4 heterocycles. The molecule has 2 atom stereocenters. The van der Waals surface area contributed by atoms with Crippen molar-refractivity contribution in [1.82, 2.24) is 9.91 Å². The minimum Gasteiger partial charge on any atom is -0.383 e. The van der Waals surface area contributed by atoms with Gasteiger partial charge in [-0.3, -0.25) is 9.69 Å². The summed E-state index contributed by atoms with van der Waals surface area (Å²) in [7, 11) is 1.72. The van der Waals surface area contributed by atoms with Gasteiger partial charge in [0.1, 0.15) is 0 Å². The molecule has 2 aromatic rings. The fourth-order valence-electron chi connectivity index (χ4n) is 3.69. The summed E-state index contributed by atoms with van der Waals surface area (Å²) in [5.41, 5.74) is 1.02. The average Bonchev–Trinajstić information content (AvgIpc) is 3.51. The smallest absolute Gasteiger partial charge is 0.257 e. The lowest BCUT2D eigenvalue weighted by molar-refractivity contribution is -0.134. The van der Waals surface area contributed by atoms with Crippen LogP contribution in [0, 0.1) is 0 Å². The summed E-state index contributed by atoms with van der Waals surface area (Å²) in [5.74, 6) is 2.34. The Morgan fingerprint density at radius 1 is 1.32 bits per heavy atom. The van der Waals surface area contributed by atoms with E-state index in [-0.39, 0.29) is 11.9 Å². The standard InChI is InChI=1S/C20H25N3O2S3/c1-25-8-7-22(15-6-11-26-14-15)13-20(24)23-17(19-5-3-10-28-19)12-16(21-23)18-4-2-9-27-18/h2-5,9-10,15,17H,6-8,11-14H2,1H3/t15-,17+/m0/s1. The molecule has 1 amide bonds. The Morgan fingerprint density at radius 2 is 2.18 bits per heavy atom. The number of thioether (sulfide) groups is 1. The van der Waals surface area contributed by atoms with Gasteiger partial charge in [0.25, 0.3) is 5.91 Å². The molecule has 150 valence electrons. The van der Waals surface area contributed by atoms with Crippen molar-refractivity contribution < 1.29 is 9.53 Å². The lowest BCUT2D eigenvalue weighted by Gasteiger charge is -2.30. The van der Waals surface area contributed by atoms with Crippen molar-refractivity contribution in [3.8, 4) is 0 Å². The lowest BCUT2D eigenvalue weighted by Crippen LogP contribution is -2.44. The van der Waals surface area contributed by atoms with Gasteiger partial charge in [-0.15, -0.1) is 22.7 Å². The first-order valence-electron chi connectivity index (χ1n) is 9.54. The van der Waals surface area contributed by atoms with Crippen LogP contribution in [-0.2, 0) is 9.53 Å². The zero-order chi connectivity index (χ0) is 19.3. The van der Waals surface area contributed by atoms with Gasteiger partial charge in [0, 0.05) is 36.7 Å². The fourth-order valence-corrected chi connectivity index (χ4v) is 6.48. The maximum absolute atomic E-state index is 13.3. The van der Waals surface area contributed by atoms with Crippen LogP contribution in [0.25, 0.3) is 0 Å². The van der Waals surface area contributed by atoms with E-state index in [2.05, 4.69) is 27.8 Å².